The van der Waals surface area contributed by atoms with Crippen LogP contribution in [-0.2, 0) is 14.1 Å². The van der Waals surface area contributed by atoms with E-state index in [4.69, 9.17) is 14.0 Å². The Labute approximate surface area is 138 Å². The summed E-state index contributed by atoms with van der Waals surface area (Å²) in [6.07, 6.45) is 0.776. The van der Waals surface area contributed by atoms with Gasteiger partial charge in [0.2, 0.25) is 5.91 Å². The molecule has 23 heavy (non-hydrogen) atoms. The van der Waals surface area contributed by atoms with Crippen molar-refractivity contribution in [3.63, 3.8) is 0 Å². The van der Waals surface area contributed by atoms with E-state index in [9.17, 15) is 4.79 Å². The van der Waals surface area contributed by atoms with Gasteiger partial charge >= 0.3 is 7.12 Å². The van der Waals surface area contributed by atoms with Crippen molar-refractivity contribution in [3.8, 4) is 5.75 Å². The number of nitrogens with one attached hydrogen (secondary N) is 1. The summed E-state index contributed by atoms with van der Waals surface area (Å²) in [5, 5.41) is 2.74. The topological polar surface area (TPSA) is 56.8 Å². The van der Waals surface area contributed by atoms with E-state index >= 15 is 0 Å². The van der Waals surface area contributed by atoms with E-state index in [0.717, 1.165) is 17.6 Å². The van der Waals surface area contributed by atoms with Crippen molar-refractivity contribution in [3.05, 3.63) is 24.3 Å². The van der Waals surface area contributed by atoms with Crippen molar-refractivity contribution >= 4 is 18.5 Å². The predicted octanol–water partition coefficient (Wildman–Crippen LogP) is 1.89. The van der Waals surface area contributed by atoms with Crippen LogP contribution in [0.5, 0.6) is 5.75 Å². The highest BCUT2D eigenvalue weighted by molar-refractivity contribution is 6.62. The Hall–Kier alpha value is -1.53. The van der Waals surface area contributed by atoms with Crippen molar-refractivity contribution in [2.75, 3.05) is 13.2 Å². The molecule has 0 radical (unpaired) electrons. The second kappa shape index (κ2) is 6.93. The Morgan fingerprint density at radius 3 is 2.22 bits per heavy atom. The summed E-state index contributed by atoms with van der Waals surface area (Å²) in [5.74, 6) is 0.782. The molecule has 1 aromatic rings. The lowest BCUT2D eigenvalue weighted by Crippen LogP contribution is -2.41. The molecule has 0 spiro atoms. The second-order valence-corrected chi connectivity index (χ2v) is 6.84. The van der Waals surface area contributed by atoms with Crippen LogP contribution in [0.25, 0.3) is 0 Å². The van der Waals surface area contributed by atoms with Crippen LogP contribution in [0.2, 0.25) is 0 Å². The molecule has 1 aliphatic rings. The molecule has 1 fully saturated rings. The molecule has 1 N–H and O–H groups in total. The Morgan fingerprint density at radius 2 is 1.70 bits per heavy atom. The van der Waals surface area contributed by atoms with Gasteiger partial charge in [-0.25, -0.2) is 0 Å². The lowest BCUT2D eigenvalue weighted by Gasteiger charge is -2.32. The summed E-state index contributed by atoms with van der Waals surface area (Å²) in [6.45, 7) is 10.9. The van der Waals surface area contributed by atoms with Crippen LogP contribution < -0.4 is 15.5 Å². The highest BCUT2D eigenvalue weighted by Crippen LogP contribution is 2.36. The number of ether oxygens (including phenoxy) is 1. The third kappa shape index (κ3) is 4.48. The average molecular weight is 319 g/mol. The van der Waals surface area contributed by atoms with Crippen molar-refractivity contribution < 1.29 is 18.8 Å². The van der Waals surface area contributed by atoms with Gasteiger partial charge in [0.15, 0.2) is 0 Å². The highest BCUT2D eigenvalue weighted by atomic mass is 16.7. The zero-order valence-corrected chi connectivity index (χ0v) is 14.6. The third-order valence-electron chi connectivity index (χ3n) is 4.37. The second-order valence-electron chi connectivity index (χ2n) is 6.84. The summed E-state index contributed by atoms with van der Waals surface area (Å²) in [7, 11) is -0.353. The maximum Gasteiger partial charge on any atom is 0.494 e. The van der Waals surface area contributed by atoms with Crippen LogP contribution in [0, 0.1) is 0 Å². The number of benzene rings is 1. The van der Waals surface area contributed by atoms with Crippen LogP contribution in [0.3, 0.4) is 0 Å². The van der Waals surface area contributed by atoms with E-state index in [0.29, 0.717) is 13.2 Å². The van der Waals surface area contributed by atoms with Crippen LogP contribution in [0.4, 0.5) is 0 Å². The molecule has 0 aromatic heterocycles. The first-order valence-corrected chi connectivity index (χ1v) is 8.04. The van der Waals surface area contributed by atoms with E-state index in [1.807, 2.05) is 52.0 Å². The lowest BCUT2D eigenvalue weighted by molar-refractivity contribution is -0.118. The van der Waals surface area contributed by atoms with E-state index in [2.05, 4.69) is 5.32 Å². The number of carbonyl (C=O) groups excluding carboxylic acids is 1. The molecule has 126 valence electrons. The highest BCUT2D eigenvalue weighted by Gasteiger charge is 2.51. The predicted molar refractivity (Wildman–Crippen MR) is 91.0 cm³/mol. The standard InChI is InChI=1S/C17H26BNO4/c1-13(20)19-11-6-12-21-15-9-7-14(8-10-15)18-22-16(2,3)17(4,5)23-18/h7-10H,6,11-12H2,1-5H3,(H,19,20). The van der Waals surface area contributed by atoms with Crippen LogP contribution in [0.1, 0.15) is 41.0 Å². The van der Waals surface area contributed by atoms with Crippen LogP contribution in [-0.4, -0.2) is 37.4 Å². The average Bonchev–Trinajstić information content (AvgIpc) is 2.67. The number of amides is 1. The first-order valence-electron chi connectivity index (χ1n) is 8.04. The maximum absolute atomic E-state index is 10.8. The van der Waals surface area contributed by atoms with Gasteiger partial charge in [-0.05, 0) is 51.7 Å². The number of carbonyl (C=O) groups is 1. The summed E-state index contributed by atoms with van der Waals surface area (Å²) >= 11 is 0. The van der Waals surface area contributed by atoms with Gasteiger partial charge in [-0.2, -0.15) is 0 Å². The SMILES string of the molecule is CC(=O)NCCCOc1ccc(B2OC(C)(C)C(C)(C)O2)cc1. The molecule has 1 aliphatic heterocycles. The molecule has 1 heterocycles. The summed E-state index contributed by atoms with van der Waals surface area (Å²) in [6, 6.07) is 7.76. The van der Waals surface area contributed by atoms with E-state index in [1.165, 1.54) is 6.92 Å². The Balaban J connectivity index is 1.85. The molecule has 5 nitrogen and oxygen atoms in total. The Bertz CT molecular complexity index is 526. The minimum absolute atomic E-state index is 0.0169. The van der Waals surface area contributed by atoms with Gasteiger partial charge in [-0.15, -0.1) is 0 Å². The fourth-order valence-electron chi connectivity index (χ4n) is 2.23. The smallest absolute Gasteiger partial charge is 0.494 e. The fraction of sp³-hybridized carbons (Fsp3) is 0.588. The van der Waals surface area contributed by atoms with Crippen LogP contribution in [0.15, 0.2) is 24.3 Å². The first kappa shape index (κ1) is 17.8. The van der Waals surface area contributed by atoms with Gasteiger partial charge in [0.1, 0.15) is 5.75 Å². The molecule has 0 saturated carbocycles. The Kier molecular flexibility index (Phi) is 5.37. The largest absolute Gasteiger partial charge is 0.494 e. The molecular weight excluding hydrogens is 293 g/mol. The molecule has 6 heteroatoms. The van der Waals surface area contributed by atoms with E-state index < -0.39 is 0 Å². The maximum atomic E-state index is 10.8. The van der Waals surface area contributed by atoms with Gasteiger partial charge in [0, 0.05) is 13.5 Å². The van der Waals surface area contributed by atoms with Crippen molar-refractivity contribution in [2.24, 2.45) is 0 Å². The van der Waals surface area contributed by atoms with Crippen molar-refractivity contribution in [1.82, 2.24) is 5.32 Å². The zero-order chi connectivity index (χ0) is 17.1. The zero-order valence-electron chi connectivity index (χ0n) is 14.6. The van der Waals surface area contributed by atoms with Crippen LogP contribution >= 0.6 is 0 Å². The van der Waals surface area contributed by atoms with E-state index in [1.54, 1.807) is 0 Å². The Morgan fingerprint density at radius 1 is 1.13 bits per heavy atom. The third-order valence-corrected chi connectivity index (χ3v) is 4.37. The summed E-state index contributed by atoms with van der Waals surface area (Å²) < 4.78 is 17.7. The van der Waals surface area contributed by atoms with Gasteiger partial charge in [0.05, 0.1) is 17.8 Å². The number of hydrogen-bond acceptors (Lipinski definition) is 4. The molecule has 0 bridgehead atoms. The molecule has 1 amide bonds. The molecular formula is C17H26BNO4. The minimum atomic E-state index is -0.353. The summed E-state index contributed by atoms with van der Waals surface area (Å²) in [4.78, 5) is 10.8. The van der Waals surface area contributed by atoms with E-state index in [-0.39, 0.29) is 24.2 Å². The van der Waals surface area contributed by atoms with Gasteiger partial charge in [-0.1, -0.05) is 12.1 Å². The minimum Gasteiger partial charge on any atom is -0.494 e. The molecule has 0 aliphatic carbocycles. The van der Waals surface area contributed by atoms with Gasteiger partial charge in [0.25, 0.3) is 0 Å². The quantitative estimate of drug-likeness (QED) is 0.643. The number of hydrogen-bond donors (Lipinski definition) is 1. The monoisotopic (exact) mass is 319 g/mol. The molecule has 1 aromatic carbocycles. The molecule has 0 atom stereocenters. The normalized spacial score (nSPS) is 18.7. The van der Waals surface area contributed by atoms with Gasteiger partial charge < -0.3 is 19.4 Å². The first-order chi connectivity index (χ1) is 10.7. The number of rotatable bonds is 6. The molecule has 0 unspecified atom stereocenters. The van der Waals surface area contributed by atoms with Gasteiger partial charge in [-0.3, -0.25) is 4.79 Å². The van der Waals surface area contributed by atoms with Crippen molar-refractivity contribution in [2.45, 2.75) is 52.2 Å². The van der Waals surface area contributed by atoms with Crippen molar-refractivity contribution in [1.29, 1.82) is 0 Å². The summed E-state index contributed by atoms with van der Waals surface area (Å²) in [5.41, 5.74) is 0.307. The molecule has 1 saturated heterocycles. The fourth-order valence-corrected chi connectivity index (χ4v) is 2.23. The lowest BCUT2D eigenvalue weighted by atomic mass is 9.79. The molecule has 2 rings (SSSR count).